The highest BCUT2D eigenvalue weighted by Crippen LogP contribution is 2.37. The molecule has 2 aromatic rings. The van der Waals surface area contributed by atoms with E-state index in [1.54, 1.807) is 6.08 Å². The molecule has 0 aromatic heterocycles. The smallest absolute Gasteiger partial charge is 0.246 e. The van der Waals surface area contributed by atoms with E-state index in [0.29, 0.717) is 19.5 Å². The number of carbonyl (C=O) groups is 1. The van der Waals surface area contributed by atoms with Crippen LogP contribution in [-0.2, 0) is 10.4 Å². The van der Waals surface area contributed by atoms with E-state index in [4.69, 9.17) is 0 Å². The SMILES string of the molecule is O=C(/C=C/c1ccccc1)N1CC[C@](O)(c2ccccc2)[C@H](N2CCCC2)C1. The fourth-order valence-corrected chi connectivity index (χ4v) is 4.49. The summed E-state index contributed by atoms with van der Waals surface area (Å²) in [4.78, 5) is 17.1. The average Bonchev–Trinajstić information content (AvgIpc) is 3.28. The Kier molecular flexibility index (Phi) is 5.60. The minimum absolute atomic E-state index is 0.0168. The van der Waals surface area contributed by atoms with Crippen LogP contribution < -0.4 is 0 Å². The zero-order valence-electron chi connectivity index (χ0n) is 16.2. The highest BCUT2D eigenvalue weighted by Gasteiger charge is 2.46. The number of likely N-dealkylation sites (tertiary alicyclic amines) is 2. The Morgan fingerprint density at radius 2 is 1.61 bits per heavy atom. The molecule has 1 N–H and O–H groups in total. The van der Waals surface area contributed by atoms with Gasteiger partial charge in [0.25, 0.3) is 0 Å². The lowest BCUT2D eigenvalue weighted by molar-refractivity contribution is -0.138. The third-order valence-electron chi connectivity index (χ3n) is 6.09. The van der Waals surface area contributed by atoms with Crippen molar-refractivity contribution in [3.05, 3.63) is 77.9 Å². The second-order valence-corrected chi connectivity index (χ2v) is 7.83. The largest absolute Gasteiger partial charge is 0.383 e. The van der Waals surface area contributed by atoms with Gasteiger partial charge in [-0.15, -0.1) is 0 Å². The van der Waals surface area contributed by atoms with Crippen LogP contribution in [0.4, 0.5) is 0 Å². The van der Waals surface area contributed by atoms with Crippen LogP contribution in [0.3, 0.4) is 0 Å². The summed E-state index contributed by atoms with van der Waals surface area (Å²) >= 11 is 0. The van der Waals surface area contributed by atoms with Crippen molar-refractivity contribution in [1.29, 1.82) is 0 Å². The van der Waals surface area contributed by atoms with Crippen LogP contribution >= 0.6 is 0 Å². The molecule has 2 saturated heterocycles. The van der Waals surface area contributed by atoms with Gasteiger partial charge in [-0.05, 0) is 49.6 Å². The zero-order chi connectivity index (χ0) is 19.4. The standard InChI is InChI=1S/C24H28N2O2/c27-23(14-13-20-9-3-1-4-10-20)26-18-15-24(28,21-11-5-2-6-12-21)22(19-26)25-16-7-8-17-25/h1-6,9-14,22,28H,7-8,15-19H2/b14-13+/t22-,24+/m1/s1. The molecule has 0 radical (unpaired) electrons. The molecule has 4 rings (SSSR count). The molecule has 2 fully saturated rings. The highest BCUT2D eigenvalue weighted by molar-refractivity contribution is 5.91. The second kappa shape index (κ2) is 8.29. The molecule has 2 atom stereocenters. The van der Waals surface area contributed by atoms with Crippen LogP contribution in [0.25, 0.3) is 6.08 Å². The second-order valence-electron chi connectivity index (χ2n) is 7.83. The molecule has 0 aliphatic carbocycles. The lowest BCUT2D eigenvalue weighted by Gasteiger charge is -2.48. The average molecular weight is 377 g/mol. The first-order valence-corrected chi connectivity index (χ1v) is 10.2. The summed E-state index contributed by atoms with van der Waals surface area (Å²) in [5.74, 6) is 0.0168. The van der Waals surface area contributed by atoms with E-state index in [1.165, 1.54) is 0 Å². The van der Waals surface area contributed by atoms with Crippen LogP contribution in [0.2, 0.25) is 0 Å². The van der Waals surface area contributed by atoms with Crippen LogP contribution in [0, 0.1) is 0 Å². The molecule has 2 aromatic carbocycles. The molecule has 4 nitrogen and oxygen atoms in total. The van der Waals surface area contributed by atoms with Gasteiger partial charge in [0.1, 0.15) is 5.60 Å². The molecule has 2 aliphatic heterocycles. The molecule has 2 aliphatic rings. The number of amides is 1. The third kappa shape index (κ3) is 3.89. The zero-order valence-corrected chi connectivity index (χ0v) is 16.2. The number of hydrogen-bond acceptors (Lipinski definition) is 3. The van der Waals surface area contributed by atoms with E-state index in [2.05, 4.69) is 4.90 Å². The summed E-state index contributed by atoms with van der Waals surface area (Å²) in [6.45, 7) is 3.10. The van der Waals surface area contributed by atoms with Gasteiger partial charge in [-0.2, -0.15) is 0 Å². The maximum Gasteiger partial charge on any atom is 0.246 e. The van der Waals surface area contributed by atoms with Crippen LogP contribution in [0.5, 0.6) is 0 Å². The van der Waals surface area contributed by atoms with Crippen molar-refractivity contribution < 1.29 is 9.90 Å². The molecular weight excluding hydrogens is 348 g/mol. The summed E-state index contributed by atoms with van der Waals surface area (Å²) in [5, 5.41) is 11.7. The van der Waals surface area contributed by atoms with E-state index in [0.717, 1.165) is 37.1 Å². The third-order valence-corrected chi connectivity index (χ3v) is 6.09. The molecule has 0 saturated carbocycles. The van der Waals surface area contributed by atoms with Crippen molar-refractivity contribution in [2.75, 3.05) is 26.2 Å². The number of aliphatic hydroxyl groups is 1. The van der Waals surface area contributed by atoms with Crippen LogP contribution in [-0.4, -0.2) is 53.0 Å². The maximum atomic E-state index is 12.8. The fourth-order valence-electron chi connectivity index (χ4n) is 4.49. The molecule has 1 amide bonds. The number of rotatable bonds is 4. The van der Waals surface area contributed by atoms with E-state index < -0.39 is 5.60 Å². The first-order chi connectivity index (χ1) is 13.7. The first kappa shape index (κ1) is 18.9. The van der Waals surface area contributed by atoms with Crippen molar-refractivity contribution in [3.8, 4) is 0 Å². The Balaban J connectivity index is 1.54. The van der Waals surface area contributed by atoms with Gasteiger partial charge in [-0.3, -0.25) is 9.69 Å². The summed E-state index contributed by atoms with van der Waals surface area (Å²) in [7, 11) is 0. The normalized spacial score (nSPS) is 26.0. The summed E-state index contributed by atoms with van der Waals surface area (Å²) in [5.41, 5.74) is 1.06. The van der Waals surface area contributed by atoms with Gasteiger partial charge in [0, 0.05) is 19.2 Å². The van der Waals surface area contributed by atoms with Crippen molar-refractivity contribution in [3.63, 3.8) is 0 Å². The lowest BCUT2D eigenvalue weighted by atomic mass is 9.79. The molecule has 28 heavy (non-hydrogen) atoms. The fraction of sp³-hybridized carbons (Fsp3) is 0.375. The van der Waals surface area contributed by atoms with Gasteiger partial charge in [-0.25, -0.2) is 0 Å². The lowest BCUT2D eigenvalue weighted by Crippen LogP contribution is -2.61. The predicted octanol–water partition coefficient (Wildman–Crippen LogP) is 3.28. The summed E-state index contributed by atoms with van der Waals surface area (Å²) < 4.78 is 0. The Morgan fingerprint density at radius 3 is 2.29 bits per heavy atom. The summed E-state index contributed by atoms with van der Waals surface area (Å²) in [6, 6.07) is 19.8. The molecule has 4 heteroatoms. The van der Waals surface area contributed by atoms with Gasteiger partial charge in [-0.1, -0.05) is 60.7 Å². The molecule has 146 valence electrons. The molecule has 2 heterocycles. The predicted molar refractivity (Wildman–Crippen MR) is 112 cm³/mol. The van der Waals surface area contributed by atoms with Crippen LogP contribution in [0.1, 0.15) is 30.4 Å². The van der Waals surface area contributed by atoms with Crippen molar-refractivity contribution in [1.82, 2.24) is 9.80 Å². The van der Waals surface area contributed by atoms with Gasteiger partial charge < -0.3 is 10.0 Å². The molecule has 0 spiro atoms. The van der Waals surface area contributed by atoms with Crippen LogP contribution in [0.15, 0.2) is 66.7 Å². The number of nitrogens with zero attached hydrogens (tertiary/aromatic N) is 2. The van der Waals surface area contributed by atoms with Gasteiger partial charge in [0.2, 0.25) is 5.91 Å². The summed E-state index contributed by atoms with van der Waals surface area (Å²) in [6.07, 6.45) is 6.39. The van der Waals surface area contributed by atoms with Gasteiger partial charge in [0.05, 0.1) is 6.04 Å². The quantitative estimate of drug-likeness (QED) is 0.833. The number of hydrogen-bond donors (Lipinski definition) is 1. The highest BCUT2D eigenvalue weighted by atomic mass is 16.3. The van der Waals surface area contributed by atoms with Gasteiger partial charge >= 0.3 is 0 Å². The molecule has 0 bridgehead atoms. The van der Waals surface area contributed by atoms with E-state index in [1.807, 2.05) is 71.6 Å². The molecule has 0 unspecified atom stereocenters. The minimum atomic E-state index is -0.911. The Bertz CT molecular complexity index is 815. The monoisotopic (exact) mass is 376 g/mol. The Labute approximate surface area is 167 Å². The number of piperidine rings is 1. The number of benzene rings is 2. The van der Waals surface area contributed by atoms with Crippen molar-refractivity contribution >= 4 is 12.0 Å². The Morgan fingerprint density at radius 1 is 0.964 bits per heavy atom. The number of carbonyl (C=O) groups excluding carboxylic acids is 1. The molecular formula is C24H28N2O2. The topological polar surface area (TPSA) is 43.8 Å². The maximum absolute atomic E-state index is 12.8. The van der Waals surface area contributed by atoms with Crippen molar-refractivity contribution in [2.24, 2.45) is 0 Å². The Hall–Kier alpha value is -2.43. The minimum Gasteiger partial charge on any atom is -0.383 e. The van der Waals surface area contributed by atoms with E-state index in [9.17, 15) is 9.90 Å². The van der Waals surface area contributed by atoms with Gasteiger partial charge in [0.15, 0.2) is 0 Å². The van der Waals surface area contributed by atoms with Crippen molar-refractivity contribution in [2.45, 2.75) is 30.9 Å². The van der Waals surface area contributed by atoms with E-state index in [-0.39, 0.29) is 11.9 Å². The van der Waals surface area contributed by atoms with E-state index >= 15 is 0 Å². The first-order valence-electron chi connectivity index (χ1n) is 10.2.